The summed E-state index contributed by atoms with van der Waals surface area (Å²) in [5.74, 6) is 0.0102. The Kier molecular flexibility index (Phi) is 2.75. The van der Waals surface area contributed by atoms with Gasteiger partial charge in [-0.3, -0.25) is 4.79 Å². The molecule has 0 saturated carbocycles. The highest BCUT2D eigenvalue weighted by Crippen LogP contribution is 2.30. The van der Waals surface area contributed by atoms with Crippen LogP contribution >= 0.6 is 0 Å². The van der Waals surface area contributed by atoms with Crippen molar-refractivity contribution in [1.82, 2.24) is 0 Å². The Morgan fingerprint density at radius 3 is 2.32 bits per heavy atom. The van der Waals surface area contributed by atoms with E-state index in [0.29, 0.717) is 11.3 Å². The molecule has 0 aromatic heterocycles. The minimum atomic E-state index is 0.0102. The van der Waals surface area contributed by atoms with Crippen LogP contribution in [0.15, 0.2) is 42.5 Å². The standard InChI is InChI=1S/C16H16N2O/c1-11(19)15-8-14(6-7-16(15)17)18-9-12-4-2-3-5-13(12)10-18/h2-8H,9-10,17H2,1H3. The van der Waals surface area contributed by atoms with Crippen LogP contribution in [0.3, 0.4) is 0 Å². The van der Waals surface area contributed by atoms with Gasteiger partial charge in [-0.05, 0) is 36.2 Å². The molecule has 2 aromatic rings. The molecule has 0 aliphatic carbocycles. The summed E-state index contributed by atoms with van der Waals surface area (Å²) < 4.78 is 0. The Bertz CT molecular complexity index is 624. The van der Waals surface area contributed by atoms with Gasteiger partial charge < -0.3 is 10.6 Å². The summed E-state index contributed by atoms with van der Waals surface area (Å²) in [5.41, 5.74) is 10.7. The molecule has 3 heteroatoms. The number of nitrogen functional groups attached to an aromatic ring is 1. The lowest BCUT2D eigenvalue weighted by atomic mass is 10.1. The molecule has 1 aliphatic heterocycles. The van der Waals surface area contributed by atoms with Crippen molar-refractivity contribution in [2.45, 2.75) is 20.0 Å². The highest BCUT2D eigenvalue weighted by atomic mass is 16.1. The van der Waals surface area contributed by atoms with Gasteiger partial charge in [0.15, 0.2) is 5.78 Å². The summed E-state index contributed by atoms with van der Waals surface area (Å²) in [7, 11) is 0. The summed E-state index contributed by atoms with van der Waals surface area (Å²) >= 11 is 0. The van der Waals surface area contributed by atoms with Gasteiger partial charge in [0.2, 0.25) is 0 Å². The molecular weight excluding hydrogens is 236 g/mol. The monoisotopic (exact) mass is 252 g/mol. The van der Waals surface area contributed by atoms with Crippen LogP contribution in [0, 0.1) is 0 Å². The first-order chi connectivity index (χ1) is 9.15. The molecule has 0 unspecified atom stereocenters. The van der Waals surface area contributed by atoms with Crippen LogP contribution in [0.2, 0.25) is 0 Å². The largest absolute Gasteiger partial charge is 0.398 e. The van der Waals surface area contributed by atoms with Crippen molar-refractivity contribution in [1.29, 1.82) is 0 Å². The summed E-state index contributed by atoms with van der Waals surface area (Å²) in [6.45, 7) is 3.32. The van der Waals surface area contributed by atoms with E-state index in [1.54, 1.807) is 6.92 Å². The summed E-state index contributed by atoms with van der Waals surface area (Å²) in [6, 6.07) is 14.1. The molecule has 2 N–H and O–H groups in total. The molecule has 0 saturated heterocycles. The molecular formula is C16H16N2O. The molecule has 0 fully saturated rings. The van der Waals surface area contributed by atoms with Gasteiger partial charge in [0.25, 0.3) is 0 Å². The zero-order valence-corrected chi connectivity index (χ0v) is 10.9. The molecule has 0 atom stereocenters. The van der Waals surface area contributed by atoms with E-state index in [-0.39, 0.29) is 5.78 Å². The first kappa shape index (κ1) is 11.8. The first-order valence-corrected chi connectivity index (χ1v) is 6.37. The van der Waals surface area contributed by atoms with Crippen LogP contribution in [0.5, 0.6) is 0 Å². The highest BCUT2D eigenvalue weighted by molar-refractivity contribution is 6.00. The second kappa shape index (κ2) is 4.43. The van der Waals surface area contributed by atoms with E-state index in [9.17, 15) is 4.79 Å². The topological polar surface area (TPSA) is 46.3 Å². The Labute approximate surface area is 112 Å². The number of carbonyl (C=O) groups excluding carboxylic acids is 1. The van der Waals surface area contributed by atoms with E-state index >= 15 is 0 Å². The number of ketones is 1. The van der Waals surface area contributed by atoms with Gasteiger partial charge in [-0.15, -0.1) is 0 Å². The molecule has 19 heavy (non-hydrogen) atoms. The molecule has 3 rings (SSSR count). The number of hydrogen-bond acceptors (Lipinski definition) is 3. The number of hydrogen-bond donors (Lipinski definition) is 1. The number of Topliss-reactive ketones (excluding diaryl/α,β-unsaturated/α-hetero) is 1. The number of rotatable bonds is 2. The predicted octanol–water partition coefficient (Wildman–Crippen LogP) is 2.99. The summed E-state index contributed by atoms with van der Waals surface area (Å²) in [5, 5.41) is 0. The van der Waals surface area contributed by atoms with E-state index in [1.807, 2.05) is 18.2 Å². The van der Waals surface area contributed by atoms with Crippen molar-refractivity contribution in [2.75, 3.05) is 10.6 Å². The number of fused-ring (bicyclic) bond motifs is 1. The third-order valence-electron chi connectivity index (χ3n) is 3.62. The van der Waals surface area contributed by atoms with Crippen LogP contribution in [0.1, 0.15) is 28.4 Å². The van der Waals surface area contributed by atoms with Crippen molar-refractivity contribution >= 4 is 17.2 Å². The first-order valence-electron chi connectivity index (χ1n) is 6.37. The molecule has 0 spiro atoms. The Hall–Kier alpha value is -2.29. The highest BCUT2D eigenvalue weighted by Gasteiger charge is 2.19. The van der Waals surface area contributed by atoms with Crippen LogP contribution in [0.4, 0.5) is 11.4 Å². The number of benzene rings is 2. The fourth-order valence-corrected chi connectivity index (χ4v) is 2.56. The fraction of sp³-hybridized carbons (Fsp3) is 0.188. The number of anilines is 2. The second-order valence-corrected chi connectivity index (χ2v) is 4.95. The zero-order chi connectivity index (χ0) is 13.4. The molecule has 0 bridgehead atoms. The SMILES string of the molecule is CC(=O)c1cc(N2Cc3ccccc3C2)ccc1N. The maximum Gasteiger partial charge on any atom is 0.161 e. The van der Waals surface area contributed by atoms with Crippen molar-refractivity contribution in [3.63, 3.8) is 0 Å². The van der Waals surface area contributed by atoms with Gasteiger partial charge in [0, 0.05) is 30.0 Å². The molecule has 3 nitrogen and oxygen atoms in total. The van der Waals surface area contributed by atoms with Gasteiger partial charge in [0.05, 0.1) is 0 Å². The Morgan fingerprint density at radius 2 is 1.74 bits per heavy atom. The minimum Gasteiger partial charge on any atom is -0.398 e. The predicted molar refractivity (Wildman–Crippen MR) is 77.2 cm³/mol. The van der Waals surface area contributed by atoms with Crippen molar-refractivity contribution in [3.8, 4) is 0 Å². The second-order valence-electron chi connectivity index (χ2n) is 4.95. The molecule has 0 amide bonds. The average molecular weight is 252 g/mol. The number of nitrogens with two attached hydrogens (primary N) is 1. The lowest BCUT2D eigenvalue weighted by molar-refractivity contribution is 0.101. The van der Waals surface area contributed by atoms with E-state index in [1.165, 1.54) is 11.1 Å². The van der Waals surface area contributed by atoms with Crippen LogP contribution < -0.4 is 10.6 Å². The summed E-state index contributed by atoms with van der Waals surface area (Å²) in [6.07, 6.45) is 0. The van der Waals surface area contributed by atoms with Crippen molar-refractivity contribution < 1.29 is 4.79 Å². The molecule has 1 aliphatic rings. The van der Waals surface area contributed by atoms with Crippen LogP contribution in [-0.4, -0.2) is 5.78 Å². The van der Waals surface area contributed by atoms with E-state index in [4.69, 9.17) is 5.73 Å². The maximum atomic E-state index is 11.6. The van der Waals surface area contributed by atoms with Gasteiger partial charge >= 0.3 is 0 Å². The van der Waals surface area contributed by atoms with Gasteiger partial charge in [0.1, 0.15) is 0 Å². The quantitative estimate of drug-likeness (QED) is 0.660. The van der Waals surface area contributed by atoms with Gasteiger partial charge in [-0.1, -0.05) is 24.3 Å². The van der Waals surface area contributed by atoms with E-state index < -0.39 is 0 Å². The normalized spacial score (nSPS) is 13.4. The molecule has 2 aromatic carbocycles. The van der Waals surface area contributed by atoms with E-state index in [0.717, 1.165) is 18.8 Å². The zero-order valence-electron chi connectivity index (χ0n) is 10.9. The third kappa shape index (κ3) is 2.08. The van der Waals surface area contributed by atoms with Crippen LogP contribution in [-0.2, 0) is 13.1 Å². The Balaban J connectivity index is 1.93. The molecule has 1 heterocycles. The lowest BCUT2D eigenvalue weighted by Gasteiger charge is -2.19. The minimum absolute atomic E-state index is 0.0102. The number of nitrogens with zero attached hydrogens (tertiary/aromatic N) is 1. The van der Waals surface area contributed by atoms with Gasteiger partial charge in [-0.2, -0.15) is 0 Å². The summed E-state index contributed by atoms with van der Waals surface area (Å²) in [4.78, 5) is 13.8. The molecule has 0 radical (unpaired) electrons. The van der Waals surface area contributed by atoms with Crippen molar-refractivity contribution in [2.24, 2.45) is 0 Å². The fourth-order valence-electron chi connectivity index (χ4n) is 2.56. The third-order valence-corrected chi connectivity index (χ3v) is 3.62. The smallest absolute Gasteiger partial charge is 0.161 e. The van der Waals surface area contributed by atoms with Crippen LogP contribution in [0.25, 0.3) is 0 Å². The number of carbonyl (C=O) groups is 1. The average Bonchev–Trinajstić information content (AvgIpc) is 2.82. The molecule has 96 valence electrons. The van der Waals surface area contributed by atoms with Gasteiger partial charge in [-0.25, -0.2) is 0 Å². The van der Waals surface area contributed by atoms with E-state index in [2.05, 4.69) is 29.2 Å². The lowest BCUT2D eigenvalue weighted by Crippen LogP contribution is -2.15. The Morgan fingerprint density at radius 1 is 1.11 bits per heavy atom. The van der Waals surface area contributed by atoms with Crippen molar-refractivity contribution in [3.05, 3.63) is 59.2 Å². The maximum absolute atomic E-state index is 11.6.